The predicted molar refractivity (Wildman–Crippen MR) is 308 cm³/mol. The molecule has 0 fully saturated rings. The predicted octanol–water partition coefficient (Wildman–Crippen LogP) is 16.2. The Bertz CT molecular complexity index is 4030. The molecule has 0 aromatic heterocycles. The van der Waals surface area contributed by atoms with E-state index in [1.54, 1.807) is 6.07 Å². The molecule has 0 saturated carbocycles. The van der Waals surface area contributed by atoms with E-state index in [1.165, 1.54) is 116 Å². The molecule has 0 atom stereocenters. The van der Waals surface area contributed by atoms with Crippen molar-refractivity contribution in [3.63, 3.8) is 0 Å². The minimum atomic E-state index is -0.341. The van der Waals surface area contributed by atoms with Crippen LogP contribution < -0.4 is 17.0 Å². The van der Waals surface area contributed by atoms with E-state index in [1.807, 2.05) is 12.1 Å². The van der Waals surface area contributed by atoms with Gasteiger partial charge < -0.3 is 29.1 Å². The summed E-state index contributed by atoms with van der Waals surface area (Å²) in [7, 11) is 1.42. The Hall–Kier alpha value is -5.60. The summed E-state index contributed by atoms with van der Waals surface area (Å²) in [6, 6.07) is 67.4. The van der Waals surface area contributed by atoms with Crippen LogP contribution in [0.15, 0.2) is 197 Å². The normalized spacial score (nSPS) is 12.0. The van der Waals surface area contributed by atoms with Crippen LogP contribution in [0.3, 0.4) is 0 Å². The van der Waals surface area contributed by atoms with Gasteiger partial charge in [-0.15, -0.1) is 0 Å². The second-order valence-corrected chi connectivity index (χ2v) is 19.5. The zero-order valence-corrected chi connectivity index (χ0v) is 44.2. The maximum Gasteiger partial charge on any atom is 2.00 e. The molecule has 12 aromatic carbocycles. The third kappa shape index (κ3) is 8.10. The van der Waals surface area contributed by atoms with Crippen molar-refractivity contribution in [2.75, 3.05) is 7.11 Å². The molecule has 0 N–H and O–H groups in total. The molecular formula is C64H51Br3MgO2. The maximum atomic E-state index is 12.5. The Kier molecular flexibility index (Phi) is 15.1. The minimum Gasteiger partial charge on any atom is -1.00 e. The van der Waals surface area contributed by atoms with Gasteiger partial charge in [0.1, 0.15) is 0 Å². The van der Waals surface area contributed by atoms with E-state index in [-0.39, 0.29) is 73.7 Å². The van der Waals surface area contributed by atoms with E-state index in [0.29, 0.717) is 5.56 Å². The molecule has 0 heterocycles. The average Bonchev–Trinajstić information content (AvgIpc) is 3.57. The van der Waals surface area contributed by atoms with Gasteiger partial charge in [-0.05, 0) is 156 Å². The van der Waals surface area contributed by atoms with Crippen molar-refractivity contribution in [3.05, 3.63) is 221 Å². The van der Waals surface area contributed by atoms with Crippen LogP contribution in [0.1, 0.15) is 50.2 Å². The first kappa shape index (κ1) is 52.2. The number of methoxy groups -OCH3 is 1. The Balaban J connectivity index is 0.000000193. The van der Waals surface area contributed by atoms with Crippen LogP contribution in [-0.4, -0.2) is 36.1 Å². The van der Waals surface area contributed by atoms with Crippen molar-refractivity contribution in [1.82, 2.24) is 0 Å². The number of rotatable bonds is 2. The number of benzene rings is 12. The van der Waals surface area contributed by atoms with Crippen LogP contribution in [0.2, 0.25) is 0 Å². The molecule has 0 spiro atoms. The fourth-order valence-corrected chi connectivity index (χ4v) is 11.8. The van der Waals surface area contributed by atoms with Gasteiger partial charge in [0.25, 0.3) is 0 Å². The SMILES string of the molecule is C.C.CC1(C)c2ccc(Br)cc2-c2ccc3c(c21)c1ccccc1c1ccc2ccccc2c13.COC(=O)c1ccc(Br)cc1-c1ccc2c(c1)c1ccccc1c1ccc3ccccc3c12.[Br-].[CH3-].[Mg+2]. The Morgan fingerprint density at radius 3 is 1.49 bits per heavy atom. The Morgan fingerprint density at radius 2 is 0.886 bits per heavy atom. The summed E-state index contributed by atoms with van der Waals surface area (Å²) in [6.07, 6.45) is 0. The number of ether oxygens (including phenoxy) is 1. The van der Waals surface area contributed by atoms with Gasteiger partial charge in [0.2, 0.25) is 0 Å². The third-order valence-electron chi connectivity index (χ3n) is 13.9. The van der Waals surface area contributed by atoms with Gasteiger partial charge in [0.05, 0.1) is 12.7 Å². The van der Waals surface area contributed by atoms with Crippen LogP contribution in [0, 0.1) is 7.43 Å². The van der Waals surface area contributed by atoms with Gasteiger partial charge in [-0.3, -0.25) is 0 Å². The van der Waals surface area contributed by atoms with Crippen LogP contribution in [0.5, 0.6) is 0 Å². The molecule has 0 unspecified atom stereocenters. The second kappa shape index (κ2) is 20.3. The molecule has 6 heteroatoms. The number of carbonyl (C=O) groups excluding carboxylic acids is 1. The topological polar surface area (TPSA) is 26.3 Å². The van der Waals surface area contributed by atoms with E-state index in [2.05, 4.69) is 216 Å². The molecule has 13 rings (SSSR count). The summed E-state index contributed by atoms with van der Waals surface area (Å²) < 4.78 is 7.10. The number of hydrogen-bond acceptors (Lipinski definition) is 2. The number of halogens is 3. The fourth-order valence-electron chi connectivity index (χ4n) is 11.0. The summed E-state index contributed by atoms with van der Waals surface area (Å²) >= 11 is 7.27. The summed E-state index contributed by atoms with van der Waals surface area (Å²) in [5, 5.41) is 20.6. The van der Waals surface area contributed by atoms with Crippen molar-refractivity contribution in [2.24, 2.45) is 0 Å². The smallest absolute Gasteiger partial charge is 1.00 e. The van der Waals surface area contributed by atoms with Crippen LogP contribution in [0.4, 0.5) is 0 Å². The molecule has 342 valence electrons. The summed E-state index contributed by atoms with van der Waals surface area (Å²) in [6.45, 7) is 4.76. The molecular weight excluding hydrogens is 1060 g/mol. The molecule has 0 radical (unpaired) electrons. The van der Waals surface area contributed by atoms with E-state index < -0.39 is 0 Å². The largest absolute Gasteiger partial charge is 2.00 e. The van der Waals surface area contributed by atoms with Crippen molar-refractivity contribution in [1.29, 1.82) is 0 Å². The quantitative estimate of drug-likeness (QED) is 0.0746. The Labute approximate surface area is 454 Å². The zero-order chi connectivity index (χ0) is 44.1. The summed E-state index contributed by atoms with van der Waals surface area (Å²) in [5.41, 5.74) is 7.89. The number of fused-ring (bicyclic) bond motifs is 20. The van der Waals surface area contributed by atoms with Crippen molar-refractivity contribution < 1.29 is 26.5 Å². The van der Waals surface area contributed by atoms with Crippen LogP contribution >= 0.6 is 31.9 Å². The van der Waals surface area contributed by atoms with E-state index in [0.717, 1.165) is 20.1 Å². The first-order valence-electron chi connectivity index (χ1n) is 22.0. The van der Waals surface area contributed by atoms with Crippen molar-refractivity contribution in [2.45, 2.75) is 34.1 Å². The number of esters is 1. The fraction of sp³-hybridized carbons (Fsp3) is 0.0938. The van der Waals surface area contributed by atoms with Crippen molar-refractivity contribution in [3.8, 4) is 22.3 Å². The first-order valence-corrected chi connectivity index (χ1v) is 23.5. The minimum absolute atomic E-state index is 0. The summed E-state index contributed by atoms with van der Waals surface area (Å²) in [4.78, 5) is 12.5. The Morgan fingerprint density at radius 1 is 0.443 bits per heavy atom. The van der Waals surface area contributed by atoms with Gasteiger partial charge in [0.15, 0.2) is 0 Å². The molecule has 1 aliphatic carbocycles. The number of carbonyl (C=O) groups is 1. The average molecular weight is 1120 g/mol. The molecule has 0 aliphatic heterocycles. The van der Waals surface area contributed by atoms with Gasteiger partial charge >= 0.3 is 29.0 Å². The molecule has 0 saturated heterocycles. The summed E-state index contributed by atoms with van der Waals surface area (Å²) in [5.74, 6) is -0.341. The third-order valence-corrected chi connectivity index (χ3v) is 14.9. The molecule has 70 heavy (non-hydrogen) atoms. The van der Waals surface area contributed by atoms with E-state index in [9.17, 15) is 4.79 Å². The van der Waals surface area contributed by atoms with Crippen LogP contribution in [-0.2, 0) is 10.2 Å². The molecule has 1 aliphatic rings. The van der Waals surface area contributed by atoms with Gasteiger partial charge in [-0.1, -0.05) is 212 Å². The molecule has 0 bridgehead atoms. The van der Waals surface area contributed by atoms with Crippen molar-refractivity contribution >= 4 is 147 Å². The second-order valence-electron chi connectivity index (χ2n) is 17.7. The standard InChI is InChI=1S/C31H21Br.C30H19BrO2.2CH4.CH3.BrH.Mg/c1-31(2)27-16-12-19(32)17-26(27)24-14-15-25-28-20-8-4-3-7-18(20)11-13-23(28)21-9-5-6-10-22(21)29(25)30(24)31;1-33-30(32)26-15-12-20(31)17-27(26)19-11-14-25-28(16-19)23-9-5-4-8-22(23)24-13-10-18-6-2-3-7-21(18)29(24)25;;;;;/h3-17H,1-2H3;2-17H,1H3;2*1H4;1H3;1H;/q;;;;-1;;+2/p-1. The van der Waals surface area contributed by atoms with Gasteiger partial charge in [-0.25, -0.2) is 4.79 Å². The monoisotopic (exact) mass is 1110 g/mol. The number of hydrogen-bond donors (Lipinski definition) is 0. The molecule has 12 aromatic rings. The zero-order valence-electron chi connectivity index (χ0n) is 38.1. The van der Waals surface area contributed by atoms with Gasteiger partial charge in [-0.2, -0.15) is 0 Å². The van der Waals surface area contributed by atoms with Crippen LogP contribution in [0.25, 0.3) is 108 Å². The van der Waals surface area contributed by atoms with E-state index >= 15 is 0 Å². The molecule has 2 nitrogen and oxygen atoms in total. The van der Waals surface area contributed by atoms with E-state index in [4.69, 9.17) is 4.74 Å². The van der Waals surface area contributed by atoms with Gasteiger partial charge in [0, 0.05) is 14.4 Å². The molecule has 0 amide bonds. The maximum absolute atomic E-state index is 12.5. The first-order chi connectivity index (χ1) is 31.7.